The summed E-state index contributed by atoms with van der Waals surface area (Å²) in [6.45, 7) is 3.19. The Labute approximate surface area is 169 Å². The van der Waals surface area contributed by atoms with Crippen molar-refractivity contribution in [3.05, 3.63) is 58.1 Å². The highest BCUT2D eigenvalue weighted by Gasteiger charge is 2.29. The van der Waals surface area contributed by atoms with Gasteiger partial charge in [-0.15, -0.1) is 0 Å². The van der Waals surface area contributed by atoms with Crippen LogP contribution in [0.1, 0.15) is 5.56 Å². The van der Waals surface area contributed by atoms with Crippen molar-refractivity contribution in [2.45, 2.75) is 11.8 Å². The lowest BCUT2D eigenvalue weighted by molar-refractivity contribution is -0.386. The average Bonchev–Trinajstić information content (AvgIpc) is 2.73. The Balaban J connectivity index is 1.69. The molecule has 2 aromatic carbocycles. The minimum absolute atomic E-state index is 0.00990. The molecule has 0 aromatic heterocycles. The topological polar surface area (TPSA) is 108 Å². The van der Waals surface area contributed by atoms with E-state index in [0.29, 0.717) is 19.0 Å². The van der Waals surface area contributed by atoms with Crippen LogP contribution in [-0.4, -0.2) is 57.2 Å². The number of ether oxygens (including phenoxy) is 3. The summed E-state index contributed by atoms with van der Waals surface area (Å²) in [5, 5.41) is 11.4. The third-order valence-corrected chi connectivity index (χ3v) is 6.32. The molecule has 1 aliphatic rings. The van der Waals surface area contributed by atoms with Crippen LogP contribution in [0.5, 0.6) is 11.5 Å². The molecule has 156 valence electrons. The van der Waals surface area contributed by atoms with Crippen LogP contribution >= 0.6 is 0 Å². The first-order valence-electron chi connectivity index (χ1n) is 9.07. The summed E-state index contributed by atoms with van der Waals surface area (Å²) in [5.74, 6) is 0.696. The fourth-order valence-electron chi connectivity index (χ4n) is 2.88. The van der Waals surface area contributed by atoms with Gasteiger partial charge in [-0.3, -0.25) is 10.1 Å². The molecule has 29 heavy (non-hydrogen) atoms. The smallest absolute Gasteiger partial charge is 0.312 e. The lowest BCUT2D eigenvalue weighted by atomic mass is 10.2. The first-order valence-corrected chi connectivity index (χ1v) is 10.5. The molecule has 0 spiro atoms. The van der Waals surface area contributed by atoms with Gasteiger partial charge in [0.1, 0.15) is 19.0 Å². The number of hydrogen-bond acceptors (Lipinski definition) is 7. The van der Waals surface area contributed by atoms with Gasteiger partial charge in [-0.1, -0.05) is 18.2 Å². The Morgan fingerprint density at radius 3 is 2.38 bits per heavy atom. The second-order valence-electron chi connectivity index (χ2n) is 6.37. The van der Waals surface area contributed by atoms with Gasteiger partial charge in [0, 0.05) is 19.2 Å². The number of sulfonamides is 1. The van der Waals surface area contributed by atoms with Crippen LogP contribution < -0.4 is 9.47 Å². The maximum atomic E-state index is 12.7. The number of hydrogen-bond donors (Lipinski definition) is 0. The van der Waals surface area contributed by atoms with E-state index in [2.05, 4.69) is 0 Å². The van der Waals surface area contributed by atoms with Crippen molar-refractivity contribution >= 4 is 15.7 Å². The van der Waals surface area contributed by atoms with E-state index in [9.17, 15) is 18.5 Å². The van der Waals surface area contributed by atoms with Gasteiger partial charge in [0.05, 0.1) is 23.0 Å². The SMILES string of the molecule is Cc1ccccc1OCCOc1ccc(S(=O)(=O)N2CCOCC2)cc1[N+](=O)[O-]. The van der Waals surface area contributed by atoms with Gasteiger partial charge in [-0.05, 0) is 30.7 Å². The Bertz CT molecular complexity index is 972. The van der Waals surface area contributed by atoms with Crippen molar-refractivity contribution in [1.29, 1.82) is 0 Å². The monoisotopic (exact) mass is 422 g/mol. The van der Waals surface area contributed by atoms with E-state index in [1.807, 2.05) is 31.2 Å². The van der Waals surface area contributed by atoms with E-state index in [-0.39, 0.29) is 36.9 Å². The lowest BCUT2D eigenvalue weighted by Crippen LogP contribution is -2.40. The standard InChI is InChI=1S/C19H22N2O7S/c1-15-4-2-3-5-18(15)27-12-13-28-19-7-6-16(14-17(19)21(22)23)29(24,25)20-8-10-26-11-9-20/h2-7,14H,8-13H2,1H3. The average molecular weight is 422 g/mol. The van der Waals surface area contributed by atoms with E-state index in [4.69, 9.17) is 14.2 Å². The zero-order valence-electron chi connectivity index (χ0n) is 15.9. The maximum Gasteiger partial charge on any atom is 0.312 e. The first-order chi connectivity index (χ1) is 13.9. The van der Waals surface area contributed by atoms with Gasteiger partial charge in [-0.2, -0.15) is 4.31 Å². The molecule has 1 fully saturated rings. The zero-order chi connectivity index (χ0) is 20.9. The molecule has 0 radical (unpaired) electrons. The molecule has 2 aromatic rings. The van der Waals surface area contributed by atoms with Gasteiger partial charge in [-0.25, -0.2) is 8.42 Å². The van der Waals surface area contributed by atoms with Crippen LogP contribution in [0.3, 0.4) is 0 Å². The molecule has 1 heterocycles. The van der Waals surface area contributed by atoms with E-state index in [0.717, 1.165) is 11.6 Å². The molecule has 1 aliphatic heterocycles. The summed E-state index contributed by atoms with van der Waals surface area (Å²) >= 11 is 0. The molecule has 0 N–H and O–H groups in total. The van der Waals surface area contributed by atoms with Crippen LogP contribution in [-0.2, 0) is 14.8 Å². The number of morpholine rings is 1. The fraction of sp³-hybridized carbons (Fsp3) is 0.368. The molecule has 0 unspecified atom stereocenters. The molecule has 0 bridgehead atoms. The van der Waals surface area contributed by atoms with Crippen LogP contribution in [0.25, 0.3) is 0 Å². The second-order valence-corrected chi connectivity index (χ2v) is 8.30. The number of rotatable bonds is 8. The third-order valence-electron chi connectivity index (χ3n) is 4.43. The number of benzene rings is 2. The normalized spacial score (nSPS) is 15.1. The zero-order valence-corrected chi connectivity index (χ0v) is 16.8. The van der Waals surface area contributed by atoms with Crippen LogP contribution in [0.15, 0.2) is 47.4 Å². The van der Waals surface area contributed by atoms with Crippen molar-refractivity contribution in [1.82, 2.24) is 4.31 Å². The predicted octanol–water partition coefficient (Wildman–Crippen LogP) is 2.38. The highest BCUT2D eigenvalue weighted by molar-refractivity contribution is 7.89. The van der Waals surface area contributed by atoms with Gasteiger partial charge in [0.15, 0.2) is 5.75 Å². The van der Waals surface area contributed by atoms with Gasteiger partial charge >= 0.3 is 5.69 Å². The Hall–Kier alpha value is -2.69. The number of nitro benzene ring substituents is 1. The Morgan fingerprint density at radius 1 is 1.07 bits per heavy atom. The number of nitro groups is 1. The molecule has 9 nitrogen and oxygen atoms in total. The van der Waals surface area contributed by atoms with Crippen LogP contribution in [0.4, 0.5) is 5.69 Å². The first kappa shape index (κ1) is 21.0. The molecule has 1 saturated heterocycles. The maximum absolute atomic E-state index is 12.7. The molecule has 3 rings (SSSR count). The molecular formula is C19H22N2O7S. The van der Waals surface area contributed by atoms with Crippen LogP contribution in [0.2, 0.25) is 0 Å². The van der Waals surface area contributed by atoms with E-state index < -0.39 is 20.6 Å². The summed E-state index contributed by atoms with van der Waals surface area (Å²) in [6, 6.07) is 11.1. The second kappa shape index (κ2) is 9.21. The fourth-order valence-corrected chi connectivity index (χ4v) is 4.31. The van der Waals surface area contributed by atoms with Crippen LogP contribution in [0, 0.1) is 17.0 Å². The summed E-state index contributed by atoms with van der Waals surface area (Å²) in [5.41, 5.74) is 0.561. The quantitative estimate of drug-likeness (QED) is 0.365. The summed E-state index contributed by atoms with van der Waals surface area (Å²) in [4.78, 5) is 10.6. The van der Waals surface area contributed by atoms with Crippen molar-refractivity contribution in [2.24, 2.45) is 0 Å². The van der Waals surface area contributed by atoms with Crippen molar-refractivity contribution in [2.75, 3.05) is 39.5 Å². The summed E-state index contributed by atoms with van der Waals surface area (Å²) in [7, 11) is -3.83. The largest absolute Gasteiger partial charge is 0.490 e. The molecule has 0 aliphatic carbocycles. The third kappa shape index (κ3) is 5.03. The molecule has 0 atom stereocenters. The number of aryl methyl sites for hydroxylation is 1. The predicted molar refractivity (Wildman–Crippen MR) is 105 cm³/mol. The summed E-state index contributed by atoms with van der Waals surface area (Å²) < 4.78 is 42.9. The summed E-state index contributed by atoms with van der Waals surface area (Å²) in [6.07, 6.45) is 0. The highest BCUT2D eigenvalue weighted by Crippen LogP contribution is 2.31. The Morgan fingerprint density at radius 2 is 1.72 bits per heavy atom. The van der Waals surface area contributed by atoms with E-state index in [1.165, 1.54) is 16.4 Å². The van der Waals surface area contributed by atoms with E-state index in [1.54, 1.807) is 0 Å². The van der Waals surface area contributed by atoms with Gasteiger partial charge in [0.25, 0.3) is 0 Å². The molecule has 10 heteroatoms. The molecule has 0 saturated carbocycles. The van der Waals surface area contributed by atoms with Crippen molar-refractivity contribution in [3.8, 4) is 11.5 Å². The molecular weight excluding hydrogens is 400 g/mol. The van der Waals surface area contributed by atoms with E-state index >= 15 is 0 Å². The van der Waals surface area contributed by atoms with Crippen molar-refractivity contribution < 1.29 is 27.6 Å². The van der Waals surface area contributed by atoms with Crippen molar-refractivity contribution in [3.63, 3.8) is 0 Å². The Kier molecular flexibility index (Phi) is 6.68. The number of para-hydroxylation sites is 1. The highest BCUT2D eigenvalue weighted by atomic mass is 32.2. The minimum atomic E-state index is -3.83. The van der Waals surface area contributed by atoms with Gasteiger partial charge < -0.3 is 14.2 Å². The lowest BCUT2D eigenvalue weighted by Gasteiger charge is -2.26. The minimum Gasteiger partial charge on any atom is -0.490 e. The van der Waals surface area contributed by atoms with Gasteiger partial charge in [0.2, 0.25) is 10.0 Å². The number of nitrogens with zero attached hydrogens (tertiary/aromatic N) is 2. The molecule has 0 amide bonds.